The Morgan fingerprint density at radius 3 is 2.45 bits per heavy atom. The van der Waals surface area contributed by atoms with Gasteiger partial charge in [0.25, 0.3) is 6.43 Å². The highest BCUT2D eigenvalue weighted by molar-refractivity contribution is 5.98. The minimum atomic E-state index is -2.65. The van der Waals surface area contributed by atoms with Crippen molar-refractivity contribution in [3.05, 3.63) is 54.1 Å². The van der Waals surface area contributed by atoms with E-state index in [1.165, 1.54) is 0 Å². The van der Waals surface area contributed by atoms with Crippen molar-refractivity contribution in [2.75, 3.05) is 25.4 Å². The number of carbonyl (C=O) groups excluding carboxylic acids is 2. The number of anilines is 1. The molecular weight excluding hydrogens is 606 g/mol. The SMILES string of the molecule is Cc1nn(C2CC(=O)NC(=O)C2)c2cc(-c3cccnc3OC3CCN(CC4CCC(n5cc(N)c(C(F)F)n5)CC4)CC3)ccc12. The number of rotatable bonds is 8. The monoisotopic (exact) mass is 646 g/mol. The van der Waals surface area contributed by atoms with E-state index in [0.29, 0.717) is 11.8 Å². The first-order valence-corrected chi connectivity index (χ1v) is 16.5. The summed E-state index contributed by atoms with van der Waals surface area (Å²) in [4.78, 5) is 31.3. The highest BCUT2D eigenvalue weighted by atomic mass is 19.3. The number of pyridine rings is 1. The third-order valence-electron chi connectivity index (χ3n) is 9.96. The third kappa shape index (κ3) is 6.58. The molecule has 2 aliphatic heterocycles. The molecule has 7 rings (SSSR count). The van der Waals surface area contributed by atoms with Crippen molar-refractivity contribution in [1.82, 2.24) is 34.8 Å². The second-order valence-electron chi connectivity index (χ2n) is 13.2. The van der Waals surface area contributed by atoms with E-state index < -0.39 is 6.43 Å². The first-order chi connectivity index (χ1) is 22.7. The van der Waals surface area contributed by atoms with Crippen LogP contribution in [0.2, 0.25) is 0 Å². The lowest BCUT2D eigenvalue weighted by atomic mass is 9.85. The van der Waals surface area contributed by atoms with Gasteiger partial charge in [-0.1, -0.05) is 12.1 Å². The summed E-state index contributed by atoms with van der Waals surface area (Å²) in [7, 11) is 0. The van der Waals surface area contributed by atoms with Gasteiger partial charge in [0.1, 0.15) is 6.10 Å². The van der Waals surface area contributed by atoms with Gasteiger partial charge < -0.3 is 15.4 Å². The van der Waals surface area contributed by atoms with Crippen LogP contribution < -0.4 is 15.8 Å². The number of nitrogen functional groups attached to an aromatic ring is 1. The second kappa shape index (κ2) is 13.0. The molecule has 0 bridgehead atoms. The summed E-state index contributed by atoms with van der Waals surface area (Å²) in [5, 5.41) is 12.1. The molecule has 1 aromatic carbocycles. The lowest BCUT2D eigenvalue weighted by Crippen LogP contribution is -2.41. The zero-order chi connectivity index (χ0) is 32.7. The number of halogens is 2. The standard InChI is InChI=1S/C34H40F2N8O3/c1-20-26-9-6-22(15-29(26)44(40-20)24-16-30(45)39-31(46)17-24)27-3-2-12-38-34(27)47-25-10-13-42(14-11-25)18-21-4-7-23(8-5-21)43-19-28(37)32(41-43)33(35)36/h2-3,6,9,12,15,19,21,23-25,33H,4-5,7-8,10-11,13-14,16-18,37H2,1H3,(H,39,45,46). The molecule has 13 heteroatoms. The van der Waals surface area contributed by atoms with Gasteiger partial charge in [-0.25, -0.2) is 13.8 Å². The number of nitrogens with one attached hydrogen (secondary N) is 1. The maximum absolute atomic E-state index is 13.1. The van der Waals surface area contributed by atoms with Crippen LogP contribution in [-0.4, -0.2) is 67.0 Å². The molecule has 0 spiro atoms. The minimum absolute atomic E-state index is 0.0493. The number of nitrogens with zero attached hydrogens (tertiary/aromatic N) is 6. The van der Waals surface area contributed by atoms with E-state index in [-0.39, 0.29) is 54.2 Å². The number of nitrogens with two attached hydrogens (primary N) is 1. The number of fused-ring (bicyclic) bond motifs is 1. The number of amides is 2. The Morgan fingerprint density at radius 1 is 1.00 bits per heavy atom. The van der Waals surface area contributed by atoms with E-state index in [0.717, 1.165) is 85.9 Å². The first kappa shape index (κ1) is 31.2. The van der Waals surface area contributed by atoms with Gasteiger partial charge in [0, 0.05) is 55.8 Å². The number of alkyl halides is 2. The van der Waals surface area contributed by atoms with Crippen molar-refractivity contribution in [3.63, 3.8) is 0 Å². The van der Waals surface area contributed by atoms with Crippen LogP contribution in [0.4, 0.5) is 14.5 Å². The summed E-state index contributed by atoms with van der Waals surface area (Å²) in [5.74, 6) is 0.595. The fourth-order valence-corrected chi connectivity index (χ4v) is 7.48. The fourth-order valence-electron chi connectivity index (χ4n) is 7.48. The number of likely N-dealkylation sites (tertiary alicyclic amines) is 1. The van der Waals surface area contributed by atoms with Crippen LogP contribution in [0, 0.1) is 12.8 Å². The van der Waals surface area contributed by atoms with E-state index >= 15 is 0 Å². The number of aromatic nitrogens is 5. The Kier molecular flexibility index (Phi) is 8.65. The largest absolute Gasteiger partial charge is 0.474 e. The van der Waals surface area contributed by atoms with Crippen molar-refractivity contribution < 1.29 is 23.1 Å². The molecule has 2 saturated heterocycles. The average Bonchev–Trinajstić information content (AvgIpc) is 3.61. The van der Waals surface area contributed by atoms with E-state index in [2.05, 4.69) is 20.3 Å². The maximum atomic E-state index is 13.1. The second-order valence-corrected chi connectivity index (χ2v) is 13.2. The molecule has 4 aromatic rings. The molecule has 0 atom stereocenters. The average molecular weight is 647 g/mol. The first-order valence-electron chi connectivity index (χ1n) is 16.5. The summed E-state index contributed by atoms with van der Waals surface area (Å²) in [5.41, 5.74) is 9.04. The molecule has 0 radical (unpaired) electrons. The molecule has 2 amide bonds. The van der Waals surface area contributed by atoms with E-state index in [9.17, 15) is 18.4 Å². The van der Waals surface area contributed by atoms with Crippen molar-refractivity contribution in [2.45, 2.75) is 82.9 Å². The third-order valence-corrected chi connectivity index (χ3v) is 9.96. The topological polar surface area (TPSA) is 133 Å². The molecule has 47 heavy (non-hydrogen) atoms. The van der Waals surface area contributed by atoms with E-state index in [1.54, 1.807) is 17.1 Å². The van der Waals surface area contributed by atoms with Gasteiger partial charge in [-0.05, 0) is 75.1 Å². The molecule has 3 fully saturated rings. The normalized spacial score (nSPS) is 21.9. The van der Waals surface area contributed by atoms with Crippen LogP contribution in [-0.2, 0) is 9.59 Å². The number of piperidine rings is 2. The van der Waals surface area contributed by atoms with Crippen molar-refractivity contribution in [2.24, 2.45) is 5.92 Å². The van der Waals surface area contributed by atoms with Gasteiger partial charge in [0.2, 0.25) is 17.7 Å². The molecule has 5 heterocycles. The predicted molar refractivity (Wildman–Crippen MR) is 172 cm³/mol. The number of imide groups is 1. The van der Waals surface area contributed by atoms with Crippen LogP contribution in [0.15, 0.2) is 42.7 Å². The Labute approximate surface area is 271 Å². The fraction of sp³-hybridized carbons (Fsp3) is 0.500. The zero-order valence-corrected chi connectivity index (χ0v) is 26.4. The van der Waals surface area contributed by atoms with Crippen LogP contribution in [0.25, 0.3) is 22.0 Å². The van der Waals surface area contributed by atoms with Gasteiger partial charge in [-0.2, -0.15) is 10.2 Å². The van der Waals surface area contributed by atoms with Crippen LogP contribution in [0.1, 0.15) is 81.3 Å². The van der Waals surface area contributed by atoms with Crippen LogP contribution >= 0.6 is 0 Å². The number of ether oxygens (including phenoxy) is 1. The summed E-state index contributed by atoms with van der Waals surface area (Å²) in [6.45, 7) is 4.85. The van der Waals surface area contributed by atoms with Gasteiger partial charge in [-0.3, -0.25) is 24.3 Å². The summed E-state index contributed by atoms with van der Waals surface area (Å²) in [6, 6.07) is 9.82. The van der Waals surface area contributed by atoms with Crippen molar-refractivity contribution in [3.8, 4) is 17.0 Å². The number of carbonyl (C=O) groups is 2. The highest BCUT2D eigenvalue weighted by Gasteiger charge is 2.30. The Morgan fingerprint density at radius 2 is 1.74 bits per heavy atom. The van der Waals surface area contributed by atoms with E-state index in [1.807, 2.05) is 41.9 Å². The molecule has 11 nitrogen and oxygen atoms in total. The number of benzene rings is 1. The molecular formula is C34H40F2N8O3. The van der Waals surface area contributed by atoms with E-state index in [4.69, 9.17) is 15.6 Å². The lowest BCUT2D eigenvalue weighted by Gasteiger charge is -2.36. The lowest BCUT2D eigenvalue weighted by molar-refractivity contribution is -0.134. The summed E-state index contributed by atoms with van der Waals surface area (Å²) >= 11 is 0. The van der Waals surface area contributed by atoms with Crippen molar-refractivity contribution in [1.29, 1.82) is 0 Å². The molecule has 1 aliphatic carbocycles. The molecule has 248 valence electrons. The summed E-state index contributed by atoms with van der Waals surface area (Å²) < 4.78 is 36.3. The molecule has 1 saturated carbocycles. The molecule has 3 aliphatic rings. The minimum Gasteiger partial charge on any atom is -0.474 e. The predicted octanol–water partition coefficient (Wildman–Crippen LogP) is 5.38. The smallest absolute Gasteiger partial charge is 0.284 e. The van der Waals surface area contributed by atoms with Gasteiger partial charge in [-0.15, -0.1) is 0 Å². The molecule has 0 unspecified atom stereocenters. The van der Waals surface area contributed by atoms with Gasteiger partial charge >= 0.3 is 0 Å². The van der Waals surface area contributed by atoms with Gasteiger partial charge in [0.15, 0.2) is 5.69 Å². The van der Waals surface area contributed by atoms with Crippen molar-refractivity contribution >= 4 is 28.4 Å². The zero-order valence-electron chi connectivity index (χ0n) is 26.4. The van der Waals surface area contributed by atoms with Crippen LogP contribution in [0.5, 0.6) is 5.88 Å². The number of hydrogen-bond acceptors (Lipinski definition) is 8. The van der Waals surface area contributed by atoms with Crippen LogP contribution in [0.3, 0.4) is 0 Å². The molecule has 3 aromatic heterocycles. The Bertz CT molecular complexity index is 1760. The Hall–Kier alpha value is -4.39. The number of hydrogen-bond donors (Lipinski definition) is 2. The number of aryl methyl sites for hydroxylation is 1. The maximum Gasteiger partial charge on any atom is 0.284 e. The summed E-state index contributed by atoms with van der Waals surface area (Å²) in [6.07, 6.45) is 6.81. The molecule has 3 N–H and O–H groups in total. The highest BCUT2D eigenvalue weighted by Crippen LogP contribution is 2.37. The quantitative estimate of drug-likeness (QED) is 0.244. The Balaban J connectivity index is 0.966. The van der Waals surface area contributed by atoms with Gasteiger partial charge in [0.05, 0.1) is 29.0 Å².